The Hall–Kier alpha value is -2.28. The fourth-order valence-corrected chi connectivity index (χ4v) is 4.46. The van der Waals surface area contributed by atoms with Gasteiger partial charge >= 0.3 is 5.97 Å². The molecule has 2 saturated heterocycles. The summed E-state index contributed by atoms with van der Waals surface area (Å²) in [6, 6.07) is 5.27. The summed E-state index contributed by atoms with van der Waals surface area (Å²) in [7, 11) is 1.27. The summed E-state index contributed by atoms with van der Waals surface area (Å²) in [6.45, 7) is 3.86. The molecule has 26 heavy (non-hydrogen) atoms. The highest BCUT2D eigenvalue weighted by Crippen LogP contribution is 2.50. The first-order valence-electron chi connectivity index (χ1n) is 8.88. The average molecular weight is 362 g/mol. The second kappa shape index (κ2) is 6.79. The topological polar surface area (TPSA) is 75.7 Å². The van der Waals surface area contributed by atoms with E-state index in [1.807, 2.05) is 6.92 Å². The Labute approximate surface area is 151 Å². The van der Waals surface area contributed by atoms with Gasteiger partial charge in [0.2, 0.25) is 11.8 Å². The van der Waals surface area contributed by atoms with Gasteiger partial charge < -0.3 is 4.74 Å². The molecule has 0 unspecified atom stereocenters. The molecular weight excluding hydrogens is 339 g/mol. The molecule has 0 bridgehead atoms. The van der Waals surface area contributed by atoms with Crippen LogP contribution in [0, 0.1) is 17.7 Å². The van der Waals surface area contributed by atoms with E-state index >= 15 is 0 Å². The fraction of sp³-hybridized carbons (Fsp3) is 0.526. The van der Waals surface area contributed by atoms with Gasteiger partial charge in [-0.05, 0) is 31.0 Å². The Bertz CT molecular complexity index is 753. The quantitative estimate of drug-likeness (QED) is 0.639. The molecule has 0 aromatic heterocycles. The van der Waals surface area contributed by atoms with Gasteiger partial charge in [0.15, 0.2) is 0 Å². The third kappa shape index (κ3) is 2.53. The molecular formula is C19H23FN2O4. The molecule has 0 spiro atoms. The summed E-state index contributed by atoms with van der Waals surface area (Å²) >= 11 is 0. The zero-order chi connectivity index (χ0) is 19.1. The van der Waals surface area contributed by atoms with Crippen LogP contribution in [0.4, 0.5) is 4.39 Å². The minimum atomic E-state index is -1.29. The first-order valence-corrected chi connectivity index (χ1v) is 8.88. The maximum absolute atomic E-state index is 13.8. The zero-order valence-corrected chi connectivity index (χ0v) is 15.1. The molecule has 1 N–H and O–H groups in total. The Morgan fingerprint density at radius 3 is 2.62 bits per heavy atom. The Morgan fingerprint density at radius 2 is 2.04 bits per heavy atom. The molecule has 0 saturated carbocycles. The van der Waals surface area contributed by atoms with E-state index in [0.717, 1.165) is 0 Å². The molecule has 2 heterocycles. The van der Waals surface area contributed by atoms with Crippen molar-refractivity contribution in [3.8, 4) is 0 Å². The summed E-state index contributed by atoms with van der Waals surface area (Å²) < 4.78 is 18.8. The number of nitrogens with zero attached hydrogens (tertiary/aromatic N) is 1. The summed E-state index contributed by atoms with van der Waals surface area (Å²) in [5.41, 5.74) is -0.747. The highest BCUT2D eigenvalue weighted by atomic mass is 19.1. The van der Waals surface area contributed by atoms with Gasteiger partial charge in [-0.2, -0.15) is 0 Å². The van der Waals surface area contributed by atoms with E-state index in [2.05, 4.69) is 5.32 Å². The Balaban J connectivity index is 2.15. The van der Waals surface area contributed by atoms with Crippen molar-refractivity contribution in [3.05, 3.63) is 35.6 Å². The second-order valence-corrected chi connectivity index (χ2v) is 6.81. The first kappa shape index (κ1) is 18.5. The third-order valence-electron chi connectivity index (χ3n) is 5.46. The molecule has 140 valence electrons. The highest BCUT2D eigenvalue weighted by molar-refractivity contribution is 6.09. The van der Waals surface area contributed by atoms with Crippen LogP contribution >= 0.6 is 0 Å². The lowest BCUT2D eigenvalue weighted by Crippen LogP contribution is -2.56. The molecule has 1 aromatic rings. The van der Waals surface area contributed by atoms with E-state index in [9.17, 15) is 18.8 Å². The number of likely N-dealkylation sites (tertiary alicyclic amines) is 1. The van der Waals surface area contributed by atoms with E-state index in [1.165, 1.54) is 24.1 Å². The molecule has 3 rings (SSSR count). The van der Waals surface area contributed by atoms with Crippen LogP contribution in [0.15, 0.2) is 24.3 Å². The Morgan fingerprint density at radius 1 is 1.31 bits per heavy atom. The van der Waals surface area contributed by atoms with Crippen LogP contribution in [-0.2, 0) is 19.1 Å². The predicted octanol–water partition coefficient (Wildman–Crippen LogP) is 1.80. The lowest BCUT2D eigenvalue weighted by atomic mass is 9.77. The number of ether oxygens (including phenoxy) is 1. The van der Waals surface area contributed by atoms with Crippen LogP contribution in [0.2, 0.25) is 0 Å². The summed E-state index contributed by atoms with van der Waals surface area (Å²) in [4.78, 5) is 39.8. The molecule has 2 aliphatic heterocycles. The minimum absolute atomic E-state index is 0.240. The van der Waals surface area contributed by atoms with Crippen molar-refractivity contribution < 1.29 is 23.5 Å². The highest BCUT2D eigenvalue weighted by Gasteiger charge is 2.68. The zero-order valence-electron chi connectivity index (χ0n) is 15.1. The minimum Gasteiger partial charge on any atom is -0.468 e. The van der Waals surface area contributed by atoms with Gasteiger partial charge in [-0.15, -0.1) is 0 Å². The van der Waals surface area contributed by atoms with Crippen molar-refractivity contribution in [2.24, 2.45) is 11.8 Å². The van der Waals surface area contributed by atoms with Crippen LogP contribution in [0.3, 0.4) is 0 Å². The molecule has 0 aliphatic carbocycles. The molecule has 2 fully saturated rings. The summed E-state index contributed by atoms with van der Waals surface area (Å²) in [6.07, 6.45) is 0.970. The number of imide groups is 1. The number of benzene rings is 1. The molecule has 6 nitrogen and oxygen atoms in total. The number of esters is 1. The van der Waals surface area contributed by atoms with E-state index < -0.39 is 35.2 Å². The normalized spacial score (nSPS) is 30.6. The SMILES string of the molecule is CCC[C@]1(C(=O)OC)N[C@@H](c2cccc(F)c2)[C@H]2C(=O)N(CC)C(=O)[C@@H]21. The number of rotatable bonds is 5. The standard InChI is InChI=1S/C19H23FN2O4/c1-4-9-19(18(25)26-3)14-13(16(23)22(5-2)17(14)24)15(21-19)11-7-6-8-12(20)10-11/h6-8,10,13-15,21H,4-5,9H2,1-3H3/t13-,14+,15-,19-/m0/s1. The van der Waals surface area contributed by atoms with Crippen LogP contribution < -0.4 is 5.32 Å². The largest absolute Gasteiger partial charge is 0.468 e. The lowest BCUT2D eigenvalue weighted by Gasteiger charge is -2.32. The van der Waals surface area contributed by atoms with Gasteiger partial charge in [-0.3, -0.25) is 24.6 Å². The Kier molecular flexibility index (Phi) is 4.84. The number of carbonyl (C=O) groups is 3. The summed E-state index contributed by atoms with van der Waals surface area (Å²) in [5.74, 6) is -3.30. The fourth-order valence-electron chi connectivity index (χ4n) is 4.46. The number of methoxy groups -OCH3 is 1. The monoisotopic (exact) mass is 362 g/mol. The van der Waals surface area contributed by atoms with Crippen LogP contribution in [0.5, 0.6) is 0 Å². The molecule has 7 heteroatoms. The maximum Gasteiger partial charge on any atom is 0.326 e. The number of hydrogen-bond donors (Lipinski definition) is 1. The van der Waals surface area contributed by atoms with Crippen molar-refractivity contribution in [2.75, 3.05) is 13.7 Å². The maximum atomic E-state index is 13.8. The van der Waals surface area contributed by atoms with Crippen molar-refractivity contribution in [3.63, 3.8) is 0 Å². The van der Waals surface area contributed by atoms with Crippen LogP contribution in [-0.4, -0.2) is 41.9 Å². The number of amides is 2. The number of carbonyl (C=O) groups excluding carboxylic acids is 3. The number of hydrogen-bond acceptors (Lipinski definition) is 5. The number of halogens is 1. The van der Waals surface area contributed by atoms with Gasteiger partial charge in [-0.25, -0.2) is 4.39 Å². The van der Waals surface area contributed by atoms with Crippen LogP contribution in [0.1, 0.15) is 38.3 Å². The molecule has 2 amide bonds. The van der Waals surface area contributed by atoms with Crippen molar-refractivity contribution in [1.29, 1.82) is 0 Å². The van der Waals surface area contributed by atoms with E-state index in [1.54, 1.807) is 19.1 Å². The molecule has 4 atom stereocenters. The third-order valence-corrected chi connectivity index (χ3v) is 5.46. The molecule has 2 aliphatic rings. The lowest BCUT2D eigenvalue weighted by molar-refractivity contribution is -0.154. The van der Waals surface area contributed by atoms with Gasteiger partial charge in [0.05, 0.1) is 18.9 Å². The van der Waals surface area contributed by atoms with Crippen LogP contribution in [0.25, 0.3) is 0 Å². The van der Waals surface area contributed by atoms with Crippen molar-refractivity contribution in [1.82, 2.24) is 10.2 Å². The van der Waals surface area contributed by atoms with Crippen molar-refractivity contribution >= 4 is 17.8 Å². The van der Waals surface area contributed by atoms with Gasteiger partial charge in [0.25, 0.3) is 0 Å². The van der Waals surface area contributed by atoms with Crippen molar-refractivity contribution in [2.45, 2.75) is 38.3 Å². The number of nitrogens with one attached hydrogen (secondary N) is 1. The molecule has 1 aromatic carbocycles. The smallest absolute Gasteiger partial charge is 0.326 e. The van der Waals surface area contributed by atoms with E-state index in [0.29, 0.717) is 18.4 Å². The predicted molar refractivity (Wildman–Crippen MR) is 91.3 cm³/mol. The first-order chi connectivity index (χ1) is 12.4. The molecule has 0 radical (unpaired) electrons. The van der Waals surface area contributed by atoms with E-state index in [-0.39, 0.29) is 18.4 Å². The second-order valence-electron chi connectivity index (χ2n) is 6.81. The average Bonchev–Trinajstić information content (AvgIpc) is 3.09. The van der Waals surface area contributed by atoms with E-state index in [4.69, 9.17) is 4.74 Å². The van der Waals surface area contributed by atoms with Gasteiger partial charge in [0.1, 0.15) is 11.4 Å². The number of fused-ring (bicyclic) bond motifs is 1. The summed E-state index contributed by atoms with van der Waals surface area (Å²) in [5, 5.41) is 3.20. The van der Waals surface area contributed by atoms with Gasteiger partial charge in [-0.1, -0.05) is 25.5 Å². The van der Waals surface area contributed by atoms with Gasteiger partial charge in [0, 0.05) is 12.6 Å².